The summed E-state index contributed by atoms with van der Waals surface area (Å²) in [5, 5.41) is 6.99. The smallest absolute Gasteiger partial charge is 0.250 e. The Balaban J connectivity index is 1.26. The highest BCUT2D eigenvalue weighted by atomic mass is 32.2. The summed E-state index contributed by atoms with van der Waals surface area (Å²) in [6.07, 6.45) is 2.86. The Labute approximate surface area is 243 Å². The van der Waals surface area contributed by atoms with Gasteiger partial charge in [0.2, 0.25) is 5.56 Å². The molecule has 6 rings (SSSR count). The van der Waals surface area contributed by atoms with E-state index in [1.807, 2.05) is 13.2 Å². The second-order valence-corrected chi connectivity index (χ2v) is 12.2. The van der Waals surface area contributed by atoms with E-state index in [9.17, 15) is 4.79 Å². The van der Waals surface area contributed by atoms with Crippen molar-refractivity contribution in [2.24, 2.45) is 0 Å². The number of H-pyrrole nitrogens is 1. The topological polar surface area (TPSA) is 82.3 Å². The van der Waals surface area contributed by atoms with Crippen molar-refractivity contribution >= 4 is 34.9 Å². The van der Waals surface area contributed by atoms with Gasteiger partial charge in [0.1, 0.15) is 0 Å². The van der Waals surface area contributed by atoms with Crippen LogP contribution in [0.15, 0.2) is 91.2 Å². The average molecular weight is 572 g/mol. The van der Waals surface area contributed by atoms with Crippen LogP contribution < -0.4 is 21.1 Å². The van der Waals surface area contributed by atoms with Gasteiger partial charge in [-0.15, -0.1) is 0 Å². The molecule has 1 atom stereocenters. The first-order valence-corrected chi connectivity index (χ1v) is 15.2. The Morgan fingerprint density at radius 1 is 1.02 bits per heavy atom. The molecule has 7 nitrogen and oxygen atoms in total. The number of hydrogen-bond donors (Lipinski definition) is 3. The maximum atomic E-state index is 12.7. The van der Waals surface area contributed by atoms with Gasteiger partial charge in [0.25, 0.3) is 0 Å². The van der Waals surface area contributed by atoms with Crippen molar-refractivity contribution in [3.63, 3.8) is 0 Å². The summed E-state index contributed by atoms with van der Waals surface area (Å²) in [6, 6.07) is 21.1. The number of fused-ring (bicyclic) bond motifs is 2. The van der Waals surface area contributed by atoms with Gasteiger partial charge < -0.3 is 25.3 Å². The molecular formula is C31H33N5O2S2. The zero-order chi connectivity index (χ0) is 27.5. The predicted octanol–water partition coefficient (Wildman–Crippen LogP) is 5.96. The lowest BCUT2D eigenvalue weighted by Gasteiger charge is -2.29. The molecule has 206 valence electrons. The van der Waals surface area contributed by atoms with Gasteiger partial charge in [-0.1, -0.05) is 41.7 Å². The first kappa shape index (κ1) is 27.0. The van der Waals surface area contributed by atoms with Crippen LogP contribution in [0.25, 0.3) is 11.3 Å². The van der Waals surface area contributed by atoms with E-state index in [0.29, 0.717) is 13.2 Å². The predicted molar refractivity (Wildman–Crippen MR) is 164 cm³/mol. The van der Waals surface area contributed by atoms with Crippen LogP contribution in [0.4, 0.5) is 11.4 Å². The monoisotopic (exact) mass is 571 g/mol. The number of aromatic amines is 1. The molecule has 4 heterocycles. The first-order valence-electron chi connectivity index (χ1n) is 13.6. The minimum absolute atomic E-state index is 0.0860. The fraction of sp³-hybridized carbons (Fsp3) is 0.290. The van der Waals surface area contributed by atoms with E-state index < -0.39 is 0 Å². The van der Waals surface area contributed by atoms with Gasteiger partial charge in [0.15, 0.2) is 0 Å². The molecule has 1 saturated heterocycles. The third-order valence-corrected chi connectivity index (χ3v) is 9.76. The fourth-order valence-corrected chi connectivity index (χ4v) is 7.46. The molecule has 3 N–H and O–H groups in total. The molecule has 4 aromatic rings. The van der Waals surface area contributed by atoms with Crippen molar-refractivity contribution in [2.45, 2.75) is 39.0 Å². The normalized spacial score (nSPS) is 15.3. The lowest BCUT2D eigenvalue weighted by molar-refractivity contribution is 0.122. The van der Waals surface area contributed by atoms with E-state index in [-0.39, 0.29) is 11.6 Å². The lowest BCUT2D eigenvalue weighted by atomic mass is 10.1. The molecule has 1 unspecified atom stereocenters. The number of benzene rings is 2. The summed E-state index contributed by atoms with van der Waals surface area (Å²) in [4.78, 5) is 27.5. The summed E-state index contributed by atoms with van der Waals surface area (Å²) in [5.41, 5.74) is 6.04. The fourth-order valence-electron chi connectivity index (χ4n) is 5.05. The Kier molecular flexibility index (Phi) is 8.15. The van der Waals surface area contributed by atoms with Gasteiger partial charge in [0.05, 0.1) is 30.6 Å². The van der Waals surface area contributed by atoms with Crippen LogP contribution in [0.1, 0.15) is 23.7 Å². The quantitative estimate of drug-likeness (QED) is 0.211. The molecule has 0 aliphatic carbocycles. The Morgan fingerprint density at radius 2 is 1.90 bits per heavy atom. The van der Waals surface area contributed by atoms with Crippen LogP contribution in [0.3, 0.4) is 0 Å². The zero-order valence-electron chi connectivity index (χ0n) is 22.7. The van der Waals surface area contributed by atoms with Gasteiger partial charge in [-0.3, -0.25) is 9.78 Å². The Hall–Kier alpha value is -3.24. The van der Waals surface area contributed by atoms with Crippen molar-refractivity contribution in [3.8, 4) is 11.3 Å². The number of hydrogen-bond acceptors (Lipinski definition) is 8. The van der Waals surface area contributed by atoms with Gasteiger partial charge in [-0.25, -0.2) is 0 Å². The molecule has 0 saturated carbocycles. The molecule has 2 aliphatic rings. The number of ether oxygens (including phenoxy) is 1. The largest absolute Gasteiger partial charge is 0.378 e. The van der Waals surface area contributed by atoms with Crippen LogP contribution >= 0.6 is 23.5 Å². The van der Waals surface area contributed by atoms with Crippen LogP contribution in [0, 0.1) is 6.92 Å². The van der Waals surface area contributed by atoms with E-state index in [1.165, 1.54) is 19.6 Å². The molecule has 9 heteroatoms. The molecule has 0 radical (unpaired) electrons. The van der Waals surface area contributed by atoms with Gasteiger partial charge >= 0.3 is 0 Å². The molecule has 0 amide bonds. The second kappa shape index (κ2) is 12.1. The Morgan fingerprint density at radius 3 is 2.70 bits per heavy atom. The van der Waals surface area contributed by atoms with Gasteiger partial charge in [-0.05, 0) is 68.9 Å². The van der Waals surface area contributed by atoms with E-state index in [2.05, 4.69) is 82.0 Å². The maximum absolute atomic E-state index is 12.7. The number of pyridine rings is 2. The second-order valence-electron chi connectivity index (χ2n) is 10.1. The highest BCUT2D eigenvalue weighted by molar-refractivity contribution is 8.05. The number of morpholine rings is 1. The van der Waals surface area contributed by atoms with Gasteiger partial charge in [-0.2, -0.15) is 0 Å². The number of nitrogens with zero attached hydrogens (tertiary/aromatic N) is 2. The van der Waals surface area contributed by atoms with Crippen molar-refractivity contribution in [1.29, 1.82) is 0 Å². The molecule has 2 aliphatic heterocycles. The molecule has 2 aromatic carbocycles. The van der Waals surface area contributed by atoms with Gasteiger partial charge in [0, 0.05) is 61.9 Å². The maximum Gasteiger partial charge on any atom is 0.250 e. The minimum Gasteiger partial charge on any atom is -0.378 e. The van der Waals surface area contributed by atoms with E-state index in [0.717, 1.165) is 59.9 Å². The first-order chi connectivity index (χ1) is 19.6. The van der Waals surface area contributed by atoms with Crippen molar-refractivity contribution in [3.05, 3.63) is 88.5 Å². The molecule has 40 heavy (non-hydrogen) atoms. The van der Waals surface area contributed by atoms with E-state index >= 15 is 0 Å². The van der Waals surface area contributed by atoms with Crippen molar-refractivity contribution < 1.29 is 4.74 Å². The summed E-state index contributed by atoms with van der Waals surface area (Å²) in [5.74, 6) is 0. The standard InChI is InChI=1S/C31H33N5O2S2/c1-20-6-8-24(33-19-20)25(10-11-32-2)34-21-7-9-27-29(16-21)39-28-5-3-4-23(31(28)40-27)26-17-22(18-30(37)35-26)36-12-14-38-15-13-36/h3-9,16-19,25,32,34H,10-15H2,1-2H3,(H,35,37). The van der Waals surface area contributed by atoms with Crippen molar-refractivity contribution in [2.75, 3.05) is 50.1 Å². The average Bonchev–Trinajstić information content (AvgIpc) is 2.98. The molecule has 0 bridgehead atoms. The Bertz CT molecular complexity index is 1550. The van der Waals surface area contributed by atoms with Crippen LogP contribution in [0.2, 0.25) is 0 Å². The third kappa shape index (κ3) is 5.93. The van der Waals surface area contributed by atoms with Crippen molar-refractivity contribution in [1.82, 2.24) is 15.3 Å². The number of nitrogens with one attached hydrogen (secondary N) is 3. The molecular weight excluding hydrogens is 539 g/mol. The summed E-state index contributed by atoms with van der Waals surface area (Å²) >= 11 is 3.54. The minimum atomic E-state index is -0.0860. The lowest BCUT2D eigenvalue weighted by Crippen LogP contribution is -2.36. The highest BCUT2D eigenvalue weighted by Gasteiger charge is 2.23. The van der Waals surface area contributed by atoms with Crippen LogP contribution in [-0.4, -0.2) is 49.9 Å². The van der Waals surface area contributed by atoms with E-state index in [1.54, 1.807) is 29.6 Å². The number of rotatable bonds is 8. The van der Waals surface area contributed by atoms with E-state index in [4.69, 9.17) is 9.72 Å². The number of anilines is 2. The number of aryl methyl sites for hydroxylation is 1. The SMILES string of the molecule is CNCCC(Nc1ccc2c(c1)Sc1cccc(-c3cc(N4CCOCC4)cc(=O)[nH]3)c1S2)c1ccc(C)cn1. The summed E-state index contributed by atoms with van der Waals surface area (Å²) in [6.45, 7) is 5.90. The van der Waals surface area contributed by atoms with Crippen LogP contribution in [0.5, 0.6) is 0 Å². The summed E-state index contributed by atoms with van der Waals surface area (Å²) < 4.78 is 5.50. The molecule has 2 aromatic heterocycles. The molecule has 1 fully saturated rings. The van der Waals surface area contributed by atoms with Crippen LogP contribution in [-0.2, 0) is 4.74 Å². The zero-order valence-corrected chi connectivity index (χ0v) is 24.3. The molecule has 0 spiro atoms. The third-order valence-electron chi connectivity index (χ3n) is 7.17. The highest BCUT2D eigenvalue weighted by Crippen LogP contribution is 2.52. The summed E-state index contributed by atoms with van der Waals surface area (Å²) in [7, 11) is 1.98. The number of aromatic nitrogens is 2.